The van der Waals surface area contributed by atoms with E-state index in [9.17, 15) is 0 Å². The van der Waals surface area contributed by atoms with E-state index in [2.05, 4.69) is 49.7 Å². The predicted molar refractivity (Wildman–Crippen MR) is 107 cm³/mol. The van der Waals surface area contributed by atoms with Gasteiger partial charge in [-0.1, -0.05) is 24.3 Å². The van der Waals surface area contributed by atoms with E-state index in [0.717, 1.165) is 30.9 Å². The third kappa shape index (κ3) is 4.16. The van der Waals surface area contributed by atoms with Crippen molar-refractivity contribution in [3.05, 3.63) is 65.9 Å². The number of ether oxygens (including phenoxy) is 1. The molecule has 0 bridgehead atoms. The summed E-state index contributed by atoms with van der Waals surface area (Å²) in [5.74, 6) is 2.18. The van der Waals surface area contributed by atoms with E-state index in [1.165, 1.54) is 11.1 Å². The summed E-state index contributed by atoms with van der Waals surface area (Å²) in [5, 5.41) is 11.6. The lowest BCUT2D eigenvalue weighted by molar-refractivity contribution is 0.242. The van der Waals surface area contributed by atoms with E-state index < -0.39 is 0 Å². The molecule has 4 rings (SSSR count). The van der Waals surface area contributed by atoms with Crippen molar-refractivity contribution >= 4 is 17.5 Å². The van der Waals surface area contributed by atoms with Crippen LogP contribution in [0.1, 0.15) is 25.0 Å². The molecule has 0 unspecified atom stereocenters. The van der Waals surface area contributed by atoms with Crippen molar-refractivity contribution in [2.24, 2.45) is 0 Å². The SMILES string of the molecule is CC(C)Oc1ccc(Nc2cnnc(N3CCc4ccccc4C3)n2)cc1. The molecule has 0 saturated carbocycles. The van der Waals surface area contributed by atoms with Crippen molar-refractivity contribution < 1.29 is 4.74 Å². The van der Waals surface area contributed by atoms with Crippen LogP contribution >= 0.6 is 0 Å². The normalized spacial score (nSPS) is 13.4. The number of fused-ring (bicyclic) bond motifs is 1. The summed E-state index contributed by atoms with van der Waals surface area (Å²) in [6, 6.07) is 16.3. The lowest BCUT2D eigenvalue weighted by atomic mass is 10.0. The number of hydrogen-bond donors (Lipinski definition) is 1. The summed E-state index contributed by atoms with van der Waals surface area (Å²) in [5.41, 5.74) is 3.66. The zero-order chi connectivity index (χ0) is 18.6. The predicted octanol–water partition coefficient (Wildman–Crippen LogP) is 3.97. The highest BCUT2D eigenvalue weighted by Crippen LogP contribution is 2.23. The molecule has 0 amide bonds. The molecule has 0 radical (unpaired) electrons. The summed E-state index contributed by atoms with van der Waals surface area (Å²) in [6.07, 6.45) is 2.79. The van der Waals surface area contributed by atoms with Crippen LogP contribution in [-0.2, 0) is 13.0 Å². The zero-order valence-electron chi connectivity index (χ0n) is 15.6. The number of rotatable bonds is 5. The number of aromatic nitrogens is 3. The highest BCUT2D eigenvalue weighted by Gasteiger charge is 2.18. The third-order valence-electron chi connectivity index (χ3n) is 4.46. The van der Waals surface area contributed by atoms with Gasteiger partial charge in [0.15, 0.2) is 5.82 Å². The first-order valence-electron chi connectivity index (χ1n) is 9.22. The first kappa shape index (κ1) is 17.3. The minimum absolute atomic E-state index is 0.159. The lowest BCUT2D eigenvalue weighted by Gasteiger charge is -2.28. The van der Waals surface area contributed by atoms with E-state index in [0.29, 0.717) is 11.8 Å². The minimum atomic E-state index is 0.159. The van der Waals surface area contributed by atoms with Crippen LogP contribution in [0.25, 0.3) is 0 Å². The molecule has 1 aliphatic rings. The van der Waals surface area contributed by atoms with E-state index >= 15 is 0 Å². The van der Waals surface area contributed by atoms with Gasteiger partial charge < -0.3 is 15.0 Å². The molecule has 6 heteroatoms. The maximum absolute atomic E-state index is 5.67. The Morgan fingerprint density at radius 2 is 1.81 bits per heavy atom. The maximum Gasteiger partial charge on any atom is 0.247 e. The lowest BCUT2D eigenvalue weighted by Crippen LogP contribution is -2.32. The number of hydrogen-bond acceptors (Lipinski definition) is 6. The molecular formula is C21H23N5O. The Bertz CT molecular complexity index is 910. The van der Waals surface area contributed by atoms with Gasteiger partial charge >= 0.3 is 0 Å². The van der Waals surface area contributed by atoms with E-state index in [4.69, 9.17) is 4.74 Å². The highest BCUT2D eigenvalue weighted by molar-refractivity contribution is 5.57. The van der Waals surface area contributed by atoms with Gasteiger partial charge in [-0.25, -0.2) is 0 Å². The molecule has 6 nitrogen and oxygen atoms in total. The van der Waals surface area contributed by atoms with Crippen molar-refractivity contribution in [2.75, 3.05) is 16.8 Å². The summed E-state index contributed by atoms with van der Waals surface area (Å²) in [7, 11) is 0. The Kier molecular flexibility index (Phi) is 4.87. The Labute approximate surface area is 159 Å². The van der Waals surface area contributed by atoms with Gasteiger partial charge in [0, 0.05) is 18.8 Å². The Morgan fingerprint density at radius 3 is 2.59 bits per heavy atom. The quantitative estimate of drug-likeness (QED) is 0.742. The van der Waals surface area contributed by atoms with Gasteiger partial charge in [-0.2, -0.15) is 10.1 Å². The van der Waals surface area contributed by atoms with E-state index in [1.807, 2.05) is 38.1 Å². The van der Waals surface area contributed by atoms with Gasteiger partial charge in [0.1, 0.15) is 5.75 Å². The molecule has 138 valence electrons. The Morgan fingerprint density at radius 1 is 1.04 bits per heavy atom. The average Bonchev–Trinajstić information content (AvgIpc) is 2.69. The summed E-state index contributed by atoms with van der Waals surface area (Å²) in [6.45, 7) is 5.73. The van der Waals surface area contributed by atoms with Crippen molar-refractivity contribution in [1.29, 1.82) is 0 Å². The van der Waals surface area contributed by atoms with Crippen LogP contribution in [0.3, 0.4) is 0 Å². The van der Waals surface area contributed by atoms with Gasteiger partial charge in [0.05, 0.1) is 12.3 Å². The van der Waals surface area contributed by atoms with E-state index in [-0.39, 0.29) is 6.10 Å². The summed E-state index contributed by atoms with van der Waals surface area (Å²) < 4.78 is 5.67. The molecule has 0 aliphatic carbocycles. The number of benzene rings is 2. The van der Waals surface area contributed by atoms with Gasteiger partial charge in [0.2, 0.25) is 5.95 Å². The van der Waals surface area contributed by atoms with Crippen molar-refractivity contribution in [2.45, 2.75) is 32.9 Å². The van der Waals surface area contributed by atoms with Gasteiger partial charge in [-0.3, -0.25) is 0 Å². The van der Waals surface area contributed by atoms with Crippen LogP contribution in [0, 0.1) is 0 Å². The second kappa shape index (κ2) is 7.61. The van der Waals surface area contributed by atoms with Gasteiger partial charge in [-0.05, 0) is 55.7 Å². The van der Waals surface area contributed by atoms with Crippen molar-refractivity contribution in [1.82, 2.24) is 15.2 Å². The number of nitrogens with one attached hydrogen (secondary N) is 1. The maximum atomic E-state index is 5.67. The smallest absolute Gasteiger partial charge is 0.247 e. The molecule has 2 aromatic carbocycles. The van der Waals surface area contributed by atoms with Crippen LogP contribution in [0.4, 0.5) is 17.5 Å². The summed E-state index contributed by atoms with van der Waals surface area (Å²) >= 11 is 0. The molecule has 0 atom stereocenters. The molecule has 0 saturated heterocycles. The van der Waals surface area contributed by atoms with Crippen molar-refractivity contribution in [3.8, 4) is 5.75 Å². The van der Waals surface area contributed by atoms with Gasteiger partial charge in [-0.15, -0.1) is 5.10 Å². The third-order valence-corrected chi connectivity index (χ3v) is 4.46. The van der Waals surface area contributed by atoms with Crippen molar-refractivity contribution in [3.63, 3.8) is 0 Å². The summed E-state index contributed by atoms with van der Waals surface area (Å²) in [4.78, 5) is 6.81. The van der Waals surface area contributed by atoms with Crippen LogP contribution in [-0.4, -0.2) is 27.8 Å². The average molecular weight is 361 g/mol. The fourth-order valence-electron chi connectivity index (χ4n) is 3.19. The molecule has 3 aromatic rings. The second-order valence-corrected chi connectivity index (χ2v) is 6.90. The molecule has 2 heterocycles. The van der Waals surface area contributed by atoms with Crippen LogP contribution in [0.2, 0.25) is 0 Å². The molecule has 1 N–H and O–H groups in total. The standard InChI is InChI=1S/C21H23N5O/c1-15(2)27-19-9-7-18(8-10-19)23-20-13-22-25-21(24-20)26-12-11-16-5-3-4-6-17(16)14-26/h3-10,13,15H,11-12,14H2,1-2H3,(H,23,24,25). The molecule has 0 fully saturated rings. The molecule has 1 aliphatic heterocycles. The molecule has 0 spiro atoms. The zero-order valence-corrected chi connectivity index (χ0v) is 15.6. The second-order valence-electron chi connectivity index (χ2n) is 6.90. The van der Waals surface area contributed by atoms with E-state index in [1.54, 1.807) is 6.20 Å². The molecule has 27 heavy (non-hydrogen) atoms. The minimum Gasteiger partial charge on any atom is -0.491 e. The number of anilines is 3. The van der Waals surface area contributed by atoms with Crippen LogP contribution in [0.15, 0.2) is 54.7 Å². The van der Waals surface area contributed by atoms with Gasteiger partial charge in [0.25, 0.3) is 0 Å². The largest absolute Gasteiger partial charge is 0.491 e. The fraction of sp³-hybridized carbons (Fsp3) is 0.286. The monoisotopic (exact) mass is 361 g/mol. The Balaban J connectivity index is 1.47. The first-order valence-corrected chi connectivity index (χ1v) is 9.22. The Hall–Kier alpha value is -3.15. The van der Waals surface area contributed by atoms with Crippen LogP contribution in [0.5, 0.6) is 5.75 Å². The fourth-order valence-corrected chi connectivity index (χ4v) is 3.19. The highest BCUT2D eigenvalue weighted by atomic mass is 16.5. The van der Waals surface area contributed by atoms with Crippen LogP contribution < -0.4 is 15.0 Å². The topological polar surface area (TPSA) is 63.2 Å². The first-order chi connectivity index (χ1) is 13.2. The molecule has 1 aromatic heterocycles. The molecular weight excluding hydrogens is 338 g/mol. The number of nitrogens with zero attached hydrogens (tertiary/aromatic N) is 4.